The highest BCUT2D eigenvalue weighted by atomic mass is 35.5. The molecule has 0 aliphatic rings. The summed E-state index contributed by atoms with van der Waals surface area (Å²) in [4.78, 5) is 4.26. The van der Waals surface area contributed by atoms with Crippen molar-refractivity contribution in [1.29, 1.82) is 0 Å². The molecule has 1 N–H and O–H groups in total. The van der Waals surface area contributed by atoms with Crippen LogP contribution in [0.25, 0.3) is 11.3 Å². The van der Waals surface area contributed by atoms with Crippen molar-refractivity contribution >= 4 is 23.4 Å². The highest BCUT2D eigenvalue weighted by Crippen LogP contribution is 2.26. The summed E-state index contributed by atoms with van der Waals surface area (Å²) < 4.78 is 5.70. The van der Waals surface area contributed by atoms with Crippen molar-refractivity contribution < 1.29 is 9.52 Å². The second-order valence-corrected chi connectivity index (χ2v) is 6.13. The molecule has 0 saturated heterocycles. The summed E-state index contributed by atoms with van der Waals surface area (Å²) in [5.74, 6) is 2.14. The molecule has 1 aromatic carbocycles. The molecule has 0 fully saturated rings. The van der Waals surface area contributed by atoms with Gasteiger partial charge in [0.15, 0.2) is 5.76 Å². The molecule has 19 heavy (non-hydrogen) atoms. The molecular formula is C14H16ClNO2S. The molecule has 0 spiro atoms. The molecule has 1 heterocycles. The number of benzene rings is 1. The van der Waals surface area contributed by atoms with Crippen LogP contribution in [-0.4, -0.2) is 21.9 Å². The maximum atomic E-state index is 8.85. The minimum absolute atomic E-state index is 0.216. The number of oxazole rings is 1. The predicted octanol–water partition coefficient (Wildman–Crippen LogP) is 4.00. The first-order valence-corrected chi connectivity index (χ1v) is 7.55. The lowest BCUT2D eigenvalue weighted by Crippen LogP contribution is -1.99. The van der Waals surface area contributed by atoms with E-state index in [0.29, 0.717) is 21.9 Å². The number of aliphatic hydroxyl groups excluding tert-OH is 1. The van der Waals surface area contributed by atoms with Crippen LogP contribution in [-0.2, 0) is 5.75 Å². The largest absolute Gasteiger partial charge is 0.440 e. The van der Waals surface area contributed by atoms with Crippen LogP contribution in [0.1, 0.15) is 19.2 Å². The Balaban J connectivity index is 1.99. The molecule has 5 heteroatoms. The van der Waals surface area contributed by atoms with E-state index < -0.39 is 0 Å². The first-order valence-electron chi connectivity index (χ1n) is 6.12. The van der Waals surface area contributed by atoms with Gasteiger partial charge >= 0.3 is 0 Å². The van der Waals surface area contributed by atoms with Crippen LogP contribution in [0.5, 0.6) is 0 Å². The van der Waals surface area contributed by atoms with E-state index in [1.807, 2.05) is 24.3 Å². The van der Waals surface area contributed by atoms with Crippen molar-refractivity contribution in [3.8, 4) is 11.3 Å². The van der Waals surface area contributed by atoms with Gasteiger partial charge in [0.1, 0.15) is 0 Å². The second-order valence-electron chi connectivity index (χ2n) is 4.26. The lowest BCUT2D eigenvalue weighted by molar-refractivity contribution is 0.289. The predicted molar refractivity (Wildman–Crippen MR) is 79.4 cm³/mol. The molecule has 0 saturated carbocycles. The fraction of sp³-hybridized carbons (Fsp3) is 0.357. The summed E-state index contributed by atoms with van der Waals surface area (Å²) >= 11 is 7.67. The molecule has 0 radical (unpaired) electrons. The van der Waals surface area contributed by atoms with E-state index in [4.69, 9.17) is 21.1 Å². The molecule has 2 aromatic rings. The summed E-state index contributed by atoms with van der Waals surface area (Å²) in [6.07, 6.45) is 2.50. The Bertz CT molecular complexity index is 530. The molecule has 0 aliphatic carbocycles. The Kier molecular flexibility index (Phi) is 5.31. The Morgan fingerprint density at radius 3 is 3.05 bits per heavy atom. The standard InChI is InChI=1S/C14H16ClNO2S/c1-10(5-6-17)19-9-14-16-8-13(18-14)11-3-2-4-12(15)7-11/h2-4,7-8,10,17H,5-6,9H2,1H3. The van der Waals surface area contributed by atoms with Gasteiger partial charge in [0, 0.05) is 22.4 Å². The molecule has 1 aromatic heterocycles. The quantitative estimate of drug-likeness (QED) is 0.875. The van der Waals surface area contributed by atoms with Crippen LogP contribution in [0.4, 0.5) is 0 Å². The molecule has 0 amide bonds. The van der Waals surface area contributed by atoms with Gasteiger partial charge in [0.2, 0.25) is 5.89 Å². The Morgan fingerprint density at radius 2 is 2.32 bits per heavy atom. The molecule has 3 nitrogen and oxygen atoms in total. The zero-order chi connectivity index (χ0) is 13.7. The number of rotatable bonds is 6. The van der Waals surface area contributed by atoms with Crippen LogP contribution in [0.2, 0.25) is 5.02 Å². The van der Waals surface area contributed by atoms with Crippen LogP contribution in [0, 0.1) is 0 Å². The van der Waals surface area contributed by atoms with Crippen molar-refractivity contribution in [3.05, 3.63) is 41.4 Å². The summed E-state index contributed by atoms with van der Waals surface area (Å²) in [7, 11) is 0. The van der Waals surface area contributed by atoms with Gasteiger partial charge in [-0.3, -0.25) is 0 Å². The van der Waals surface area contributed by atoms with E-state index >= 15 is 0 Å². The molecule has 2 rings (SSSR count). The number of halogens is 1. The molecule has 1 unspecified atom stereocenters. The monoisotopic (exact) mass is 297 g/mol. The maximum absolute atomic E-state index is 8.85. The van der Waals surface area contributed by atoms with Crippen LogP contribution >= 0.6 is 23.4 Å². The van der Waals surface area contributed by atoms with E-state index in [1.54, 1.807) is 18.0 Å². The van der Waals surface area contributed by atoms with Gasteiger partial charge < -0.3 is 9.52 Å². The summed E-state index contributed by atoms with van der Waals surface area (Å²) in [6.45, 7) is 2.30. The second kappa shape index (κ2) is 6.98. The zero-order valence-electron chi connectivity index (χ0n) is 10.7. The van der Waals surface area contributed by atoms with Crippen molar-refractivity contribution in [2.45, 2.75) is 24.3 Å². The number of aromatic nitrogens is 1. The number of hydrogen-bond donors (Lipinski definition) is 1. The fourth-order valence-electron chi connectivity index (χ4n) is 1.63. The van der Waals surface area contributed by atoms with Gasteiger partial charge in [-0.1, -0.05) is 30.7 Å². The molecule has 1 atom stereocenters. The SMILES string of the molecule is CC(CCO)SCc1ncc(-c2cccc(Cl)c2)o1. The van der Waals surface area contributed by atoms with E-state index in [1.165, 1.54) is 0 Å². The average molecular weight is 298 g/mol. The van der Waals surface area contributed by atoms with E-state index in [-0.39, 0.29) is 6.61 Å². The molecule has 0 bridgehead atoms. The van der Waals surface area contributed by atoms with Gasteiger partial charge in [-0.25, -0.2) is 4.98 Å². The normalized spacial score (nSPS) is 12.6. The number of nitrogens with zero attached hydrogens (tertiary/aromatic N) is 1. The minimum atomic E-state index is 0.216. The third-order valence-electron chi connectivity index (χ3n) is 2.69. The number of thioether (sulfide) groups is 1. The highest BCUT2D eigenvalue weighted by Gasteiger charge is 2.09. The Labute approximate surface area is 122 Å². The lowest BCUT2D eigenvalue weighted by Gasteiger charge is -2.06. The third kappa shape index (κ3) is 4.27. The highest BCUT2D eigenvalue weighted by molar-refractivity contribution is 7.99. The smallest absolute Gasteiger partial charge is 0.204 e. The number of hydrogen-bond acceptors (Lipinski definition) is 4. The summed E-state index contributed by atoms with van der Waals surface area (Å²) in [5, 5.41) is 9.92. The molecule has 0 aliphatic heterocycles. The Hall–Kier alpha value is -0.970. The number of aliphatic hydroxyl groups is 1. The third-order valence-corrected chi connectivity index (χ3v) is 4.14. The van der Waals surface area contributed by atoms with Gasteiger partial charge in [-0.05, 0) is 18.6 Å². The van der Waals surface area contributed by atoms with Crippen molar-refractivity contribution in [2.24, 2.45) is 0 Å². The van der Waals surface area contributed by atoms with Gasteiger partial charge in [-0.15, -0.1) is 11.8 Å². The topological polar surface area (TPSA) is 46.3 Å². The van der Waals surface area contributed by atoms with E-state index in [0.717, 1.165) is 17.7 Å². The zero-order valence-corrected chi connectivity index (χ0v) is 12.2. The van der Waals surface area contributed by atoms with E-state index in [2.05, 4.69) is 11.9 Å². The van der Waals surface area contributed by atoms with Gasteiger partial charge in [0.25, 0.3) is 0 Å². The Morgan fingerprint density at radius 1 is 1.47 bits per heavy atom. The van der Waals surface area contributed by atoms with Crippen molar-refractivity contribution in [2.75, 3.05) is 6.61 Å². The molecule has 102 valence electrons. The minimum Gasteiger partial charge on any atom is -0.440 e. The molecular weight excluding hydrogens is 282 g/mol. The van der Waals surface area contributed by atoms with Crippen molar-refractivity contribution in [3.63, 3.8) is 0 Å². The van der Waals surface area contributed by atoms with Crippen molar-refractivity contribution in [1.82, 2.24) is 4.98 Å². The lowest BCUT2D eigenvalue weighted by atomic mass is 10.2. The van der Waals surface area contributed by atoms with Gasteiger partial charge in [-0.2, -0.15) is 0 Å². The fourth-order valence-corrected chi connectivity index (χ4v) is 2.65. The van der Waals surface area contributed by atoms with E-state index in [9.17, 15) is 0 Å². The first kappa shape index (κ1) is 14.4. The maximum Gasteiger partial charge on any atom is 0.204 e. The van der Waals surface area contributed by atoms with Gasteiger partial charge in [0.05, 0.1) is 11.9 Å². The van der Waals surface area contributed by atoms with Crippen LogP contribution in [0.15, 0.2) is 34.9 Å². The van der Waals surface area contributed by atoms with Crippen LogP contribution in [0.3, 0.4) is 0 Å². The summed E-state index contributed by atoms with van der Waals surface area (Å²) in [5.41, 5.74) is 0.930. The average Bonchev–Trinajstić information content (AvgIpc) is 2.85. The summed E-state index contributed by atoms with van der Waals surface area (Å²) in [6, 6.07) is 7.51. The first-order chi connectivity index (χ1) is 9.19. The van der Waals surface area contributed by atoms with Crippen LogP contribution < -0.4 is 0 Å².